The molecule has 0 aliphatic carbocycles. The van der Waals surface area contributed by atoms with Crippen LogP contribution in [0.15, 0.2) is 36.7 Å². The van der Waals surface area contributed by atoms with Crippen molar-refractivity contribution in [2.45, 2.75) is 26.8 Å². The van der Waals surface area contributed by atoms with Gasteiger partial charge in [-0.05, 0) is 24.3 Å². The van der Waals surface area contributed by atoms with Crippen LogP contribution in [-0.4, -0.2) is 27.2 Å². The lowest BCUT2D eigenvalue weighted by molar-refractivity contribution is -0.120. The Labute approximate surface area is 129 Å². The number of rotatable bonds is 7. The normalized spacial score (nSPS) is 10.6. The smallest absolute Gasteiger partial charge is 0.221 e. The Morgan fingerprint density at radius 1 is 1.38 bits per heavy atom. The molecule has 1 N–H and O–H groups in total. The number of carbonyl (C=O) groups is 1. The summed E-state index contributed by atoms with van der Waals surface area (Å²) in [5, 5.41) is 7.29. The number of hydrogen-bond donors (Lipinski definition) is 1. The van der Waals surface area contributed by atoms with Crippen molar-refractivity contribution in [2.75, 3.05) is 11.5 Å². The quantitative estimate of drug-likeness (QED) is 0.800. The van der Waals surface area contributed by atoms with Crippen LogP contribution in [0.3, 0.4) is 0 Å². The van der Waals surface area contributed by atoms with Crippen molar-refractivity contribution in [3.63, 3.8) is 0 Å². The third kappa shape index (κ3) is 4.63. The zero-order valence-corrected chi connectivity index (χ0v) is 13.3. The third-order valence-electron chi connectivity index (χ3n) is 3.17. The molecule has 1 aromatic carbocycles. The van der Waals surface area contributed by atoms with Gasteiger partial charge in [-0.1, -0.05) is 25.1 Å². The number of nitrogens with one attached hydrogen (secondary N) is 1. The second-order valence-corrected chi connectivity index (χ2v) is 6.20. The molecule has 21 heavy (non-hydrogen) atoms. The van der Waals surface area contributed by atoms with E-state index in [1.54, 1.807) is 18.0 Å². The molecule has 0 atom stereocenters. The molecule has 1 aromatic heterocycles. The Bertz CT molecular complexity index is 595. The number of aryl methyl sites for hydroxylation is 1. The molecule has 4 nitrogen and oxygen atoms in total. The molecule has 2 aromatic rings. The predicted molar refractivity (Wildman–Crippen MR) is 87.8 cm³/mol. The number of thioether (sulfide) groups is 1. The maximum absolute atomic E-state index is 11.7. The van der Waals surface area contributed by atoms with Crippen molar-refractivity contribution in [3.8, 4) is 5.69 Å². The van der Waals surface area contributed by atoms with Crippen LogP contribution in [0.1, 0.15) is 24.5 Å². The first-order chi connectivity index (χ1) is 10.2. The van der Waals surface area contributed by atoms with Gasteiger partial charge in [-0.15, -0.1) is 0 Å². The lowest BCUT2D eigenvalue weighted by atomic mass is 10.2. The van der Waals surface area contributed by atoms with E-state index in [2.05, 4.69) is 30.3 Å². The average Bonchev–Trinajstić information content (AvgIpc) is 2.94. The van der Waals surface area contributed by atoms with Gasteiger partial charge in [0.15, 0.2) is 0 Å². The van der Waals surface area contributed by atoms with Gasteiger partial charge < -0.3 is 5.32 Å². The Morgan fingerprint density at radius 3 is 2.95 bits per heavy atom. The van der Waals surface area contributed by atoms with E-state index in [1.165, 1.54) is 5.56 Å². The monoisotopic (exact) mass is 303 g/mol. The fourth-order valence-corrected chi connectivity index (χ4v) is 2.62. The minimum Gasteiger partial charge on any atom is -0.352 e. The second-order valence-electron chi connectivity index (χ2n) is 4.80. The molecule has 0 bridgehead atoms. The molecule has 0 saturated carbocycles. The van der Waals surface area contributed by atoms with Gasteiger partial charge in [0.1, 0.15) is 0 Å². The first kappa shape index (κ1) is 15.6. The number of aromatic nitrogens is 2. The Morgan fingerprint density at radius 2 is 2.19 bits per heavy atom. The number of para-hydroxylation sites is 1. The summed E-state index contributed by atoms with van der Waals surface area (Å²) in [7, 11) is 0. The Balaban J connectivity index is 1.89. The van der Waals surface area contributed by atoms with Crippen molar-refractivity contribution < 1.29 is 4.79 Å². The summed E-state index contributed by atoms with van der Waals surface area (Å²) in [6, 6.07) is 8.10. The number of hydrogen-bond acceptors (Lipinski definition) is 3. The highest BCUT2D eigenvalue weighted by atomic mass is 32.2. The zero-order valence-electron chi connectivity index (χ0n) is 12.5. The van der Waals surface area contributed by atoms with E-state index >= 15 is 0 Å². The highest BCUT2D eigenvalue weighted by Crippen LogP contribution is 2.13. The standard InChI is InChI=1S/C16H21N3OS/c1-3-21-9-8-16(20)17-10-14-11-18-19(12-14)15-7-5-4-6-13(15)2/h4-7,11-12H,3,8-10H2,1-2H3,(H,17,20). The van der Waals surface area contributed by atoms with Crippen LogP contribution in [0.2, 0.25) is 0 Å². The van der Waals surface area contributed by atoms with Gasteiger partial charge in [-0.3, -0.25) is 4.79 Å². The molecule has 0 radical (unpaired) electrons. The Kier molecular flexibility index (Phi) is 5.87. The van der Waals surface area contributed by atoms with E-state index in [9.17, 15) is 4.79 Å². The van der Waals surface area contributed by atoms with Gasteiger partial charge >= 0.3 is 0 Å². The fraction of sp³-hybridized carbons (Fsp3) is 0.375. The summed E-state index contributed by atoms with van der Waals surface area (Å²) in [4.78, 5) is 11.7. The van der Waals surface area contributed by atoms with E-state index in [0.29, 0.717) is 13.0 Å². The van der Waals surface area contributed by atoms with Crippen LogP contribution in [0, 0.1) is 6.92 Å². The van der Waals surface area contributed by atoms with Gasteiger partial charge in [0.05, 0.1) is 11.9 Å². The summed E-state index contributed by atoms with van der Waals surface area (Å²) >= 11 is 1.78. The highest BCUT2D eigenvalue weighted by molar-refractivity contribution is 7.99. The molecule has 0 aliphatic rings. The fourth-order valence-electron chi connectivity index (χ4n) is 2.00. The van der Waals surface area contributed by atoms with Crippen LogP contribution in [0.5, 0.6) is 0 Å². The number of carbonyl (C=O) groups excluding carboxylic acids is 1. The summed E-state index contributed by atoms with van der Waals surface area (Å²) in [6.45, 7) is 4.69. The number of nitrogens with zero attached hydrogens (tertiary/aromatic N) is 2. The maximum atomic E-state index is 11.7. The molecular weight excluding hydrogens is 282 g/mol. The topological polar surface area (TPSA) is 46.9 Å². The van der Waals surface area contributed by atoms with E-state index in [4.69, 9.17) is 0 Å². The van der Waals surface area contributed by atoms with E-state index in [0.717, 1.165) is 22.8 Å². The summed E-state index contributed by atoms with van der Waals surface area (Å²) < 4.78 is 1.85. The summed E-state index contributed by atoms with van der Waals surface area (Å²) in [5.41, 5.74) is 3.25. The Hall–Kier alpha value is -1.75. The molecule has 0 aliphatic heterocycles. The summed E-state index contributed by atoms with van der Waals surface area (Å²) in [5.74, 6) is 2.03. The first-order valence-electron chi connectivity index (χ1n) is 7.14. The third-order valence-corrected chi connectivity index (χ3v) is 4.07. The SMILES string of the molecule is CCSCCC(=O)NCc1cnn(-c2ccccc2C)c1. The lowest BCUT2D eigenvalue weighted by Gasteiger charge is -2.05. The van der Waals surface area contributed by atoms with Crippen LogP contribution < -0.4 is 5.32 Å². The molecular formula is C16H21N3OS. The molecule has 0 saturated heterocycles. The highest BCUT2D eigenvalue weighted by Gasteiger charge is 2.05. The van der Waals surface area contributed by atoms with Gasteiger partial charge in [-0.25, -0.2) is 4.68 Å². The van der Waals surface area contributed by atoms with Crippen molar-refractivity contribution >= 4 is 17.7 Å². The largest absolute Gasteiger partial charge is 0.352 e. The molecule has 5 heteroatoms. The maximum Gasteiger partial charge on any atom is 0.221 e. The van der Waals surface area contributed by atoms with Crippen LogP contribution in [0.4, 0.5) is 0 Å². The zero-order chi connectivity index (χ0) is 15.1. The first-order valence-corrected chi connectivity index (χ1v) is 8.30. The van der Waals surface area contributed by atoms with Gasteiger partial charge in [0.25, 0.3) is 0 Å². The molecule has 1 heterocycles. The minimum absolute atomic E-state index is 0.0968. The van der Waals surface area contributed by atoms with Crippen LogP contribution >= 0.6 is 11.8 Å². The molecule has 0 spiro atoms. The van der Waals surface area contributed by atoms with Gasteiger partial charge in [0.2, 0.25) is 5.91 Å². The minimum atomic E-state index is 0.0968. The molecule has 0 unspecified atom stereocenters. The second kappa shape index (κ2) is 7.88. The average molecular weight is 303 g/mol. The van der Waals surface area contributed by atoms with E-state index in [-0.39, 0.29) is 5.91 Å². The molecule has 1 amide bonds. The van der Waals surface area contributed by atoms with Gasteiger partial charge in [0, 0.05) is 30.5 Å². The summed E-state index contributed by atoms with van der Waals surface area (Å²) in [6.07, 6.45) is 4.33. The predicted octanol–water partition coefficient (Wildman–Crippen LogP) is 2.94. The van der Waals surface area contributed by atoms with Crippen molar-refractivity contribution in [1.82, 2.24) is 15.1 Å². The van der Waals surface area contributed by atoms with Crippen LogP contribution in [0.25, 0.3) is 5.69 Å². The van der Waals surface area contributed by atoms with Crippen molar-refractivity contribution in [2.24, 2.45) is 0 Å². The molecule has 112 valence electrons. The number of benzene rings is 1. The lowest BCUT2D eigenvalue weighted by Crippen LogP contribution is -2.22. The van der Waals surface area contributed by atoms with Crippen LogP contribution in [-0.2, 0) is 11.3 Å². The van der Waals surface area contributed by atoms with E-state index in [1.807, 2.05) is 29.1 Å². The number of amides is 1. The van der Waals surface area contributed by atoms with Crippen molar-refractivity contribution in [3.05, 3.63) is 47.8 Å². The molecule has 0 fully saturated rings. The van der Waals surface area contributed by atoms with Crippen molar-refractivity contribution in [1.29, 1.82) is 0 Å². The van der Waals surface area contributed by atoms with E-state index < -0.39 is 0 Å². The molecule has 2 rings (SSSR count). The van der Waals surface area contributed by atoms with Gasteiger partial charge in [-0.2, -0.15) is 16.9 Å².